The summed E-state index contributed by atoms with van der Waals surface area (Å²) in [5.74, 6) is 0.827. The maximum absolute atomic E-state index is 5.74. The van der Waals surface area contributed by atoms with Gasteiger partial charge in [0.2, 0.25) is 0 Å². The van der Waals surface area contributed by atoms with Crippen LogP contribution < -0.4 is 14.5 Å². The van der Waals surface area contributed by atoms with Crippen molar-refractivity contribution >= 4 is 34.1 Å². The monoisotopic (exact) mass is 924 g/mol. The average molecular weight is 925 g/mol. The van der Waals surface area contributed by atoms with Gasteiger partial charge in [-0.15, -0.1) is 0 Å². The van der Waals surface area contributed by atoms with Crippen molar-refractivity contribution in [2.45, 2.75) is 0 Å². The Labute approximate surface area is 423 Å². The molecular formula is C69H52N2O. The highest BCUT2D eigenvalue weighted by Gasteiger charge is 2.17. The van der Waals surface area contributed by atoms with E-state index in [1.807, 2.05) is 12.1 Å². The molecule has 0 bridgehead atoms. The van der Waals surface area contributed by atoms with Gasteiger partial charge in [0.1, 0.15) is 12.4 Å². The summed E-state index contributed by atoms with van der Waals surface area (Å²) in [7, 11) is 0. The number of nitrogens with zero attached hydrogens (tertiary/aromatic N) is 2. The van der Waals surface area contributed by atoms with Gasteiger partial charge in [-0.2, -0.15) is 0 Å². The van der Waals surface area contributed by atoms with Crippen LogP contribution in [0.15, 0.2) is 298 Å². The van der Waals surface area contributed by atoms with E-state index in [-0.39, 0.29) is 0 Å². The summed E-state index contributed by atoms with van der Waals surface area (Å²) in [5, 5.41) is 0. The van der Waals surface area contributed by atoms with Crippen LogP contribution in [-0.2, 0) is 0 Å². The Morgan fingerprint density at radius 1 is 0.236 bits per heavy atom. The third-order valence-corrected chi connectivity index (χ3v) is 13.2. The average Bonchev–Trinajstić information content (AvgIpc) is 3.47. The summed E-state index contributed by atoms with van der Waals surface area (Å²) in [4.78, 5) is 4.66. The van der Waals surface area contributed by atoms with Crippen molar-refractivity contribution in [2.24, 2.45) is 0 Å². The van der Waals surface area contributed by atoms with E-state index < -0.39 is 0 Å². The topological polar surface area (TPSA) is 15.7 Å². The van der Waals surface area contributed by atoms with Crippen molar-refractivity contribution in [1.29, 1.82) is 0 Å². The predicted molar refractivity (Wildman–Crippen MR) is 304 cm³/mol. The molecule has 0 unspecified atom stereocenters. The molecule has 0 fully saturated rings. The van der Waals surface area contributed by atoms with Gasteiger partial charge in [0.05, 0.1) is 0 Å². The van der Waals surface area contributed by atoms with Crippen LogP contribution in [0, 0.1) is 0 Å². The first-order valence-corrected chi connectivity index (χ1v) is 24.5. The molecule has 11 rings (SSSR count). The number of hydrogen-bond acceptors (Lipinski definition) is 3. The highest BCUT2D eigenvalue weighted by Crippen LogP contribution is 2.40. The number of rotatable bonds is 15. The Morgan fingerprint density at radius 2 is 0.417 bits per heavy atom. The van der Waals surface area contributed by atoms with E-state index in [1.165, 1.54) is 44.5 Å². The van der Waals surface area contributed by atoms with Crippen LogP contribution in [-0.4, -0.2) is 6.61 Å². The second-order valence-electron chi connectivity index (χ2n) is 17.8. The normalized spacial score (nSPS) is 10.9. The predicted octanol–water partition coefficient (Wildman–Crippen LogP) is 19.2. The number of ether oxygens (including phenoxy) is 1. The van der Waals surface area contributed by atoms with E-state index in [0.717, 1.165) is 62.1 Å². The van der Waals surface area contributed by atoms with Gasteiger partial charge in [0.15, 0.2) is 0 Å². The van der Waals surface area contributed by atoms with E-state index in [2.05, 4.69) is 289 Å². The van der Waals surface area contributed by atoms with Crippen LogP contribution in [0.5, 0.6) is 5.75 Å². The fourth-order valence-electron chi connectivity index (χ4n) is 9.36. The zero-order valence-corrected chi connectivity index (χ0v) is 39.9. The van der Waals surface area contributed by atoms with Crippen molar-refractivity contribution in [3.8, 4) is 72.5 Å². The smallest absolute Gasteiger partial charge is 0.119 e. The lowest BCUT2D eigenvalue weighted by Crippen LogP contribution is -2.10. The molecular weight excluding hydrogens is 873 g/mol. The SMILES string of the molecule is C=CCOc1ccc(-c2ccc(N(c3ccc(-c4ccc(-c5ccccc5)cc4)cc3)c3ccc(-c4ccc(N(c5ccc(-c6ccccc6)cc5)c5ccc(-c6ccccc6)cc5)cc4)cc3)cc2)cc1. The highest BCUT2D eigenvalue weighted by atomic mass is 16.5. The Morgan fingerprint density at radius 3 is 0.625 bits per heavy atom. The molecule has 0 heterocycles. The molecule has 0 N–H and O–H groups in total. The molecule has 0 spiro atoms. The quantitative estimate of drug-likeness (QED) is 0.0953. The standard InChI is InChI=1S/C69H52N2O/c1-2-50-72-69-48-34-62(35-49-69)61-32-46-68(47-33-61)71(65-40-26-58(27-41-65)55-20-18-54(19-21-55)51-12-6-3-7-13-51)67-44-30-60(31-45-67)59-28-42-66(43-29-59)70(63-36-22-56(23-37-63)52-14-8-4-9-15-52)64-38-24-57(25-39-64)53-16-10-5-11-17-53/h2-49H,1,50H2. The summed E-state index contributed by atoms with van der Waals surface area (Å²) in [6.45, 7) is 4.25. The summed E-state index contributed by atoms with van der Waals surface area (Å²) in [5.41, 5.74) is 20.5. The molecule has 11 aromatic carbocycles. The van der Waals surface area contributed by atoms with Gasteiger partial charge in [0.25, 0.3) is 0 Å². The van der Waals surface area contributed by atoms with E-state index in [9.17, 15) is 0 Å². The molecule has 11 aromatic rings. The van der Waals surface area contributed by atoms with Gasteiger partial charge in [-0.1, -0.05) is 213 Å². The molecule has 344 valence electrons. The molecule has 0 atom stereocenters. The fourth-order valence-corrected chi connectivity index (χ4v) is 9.36. The molecule has 0 amide bonds. The minimum Gasteiger partial charge on any atom is -0.490 e. The summed E-state index contributed by atoms with van der Waals surface area (Å²) < 4.78 is 5.74. The van der Waals surface area contributed by atoms with Crippen LogP contribution in [0.3, 0.4) is 0 Å². The van der Waals surface area contributed by atoms with E-state index in [4.69, 9.17) is 4.74 Å². The summed E-state index contributed by atoms with van der Waals surface area (Å²) >= 11 is 0. The van der Waals surface area contributed by atoms with Crippen molar-refractivity contribution in [3.63, 3.8) is 0 Å². The second-order valence-corrected chi connectivity index (χ2v) is 17.8. The van der Waals surface area contributed by atoms with Gasteiger partial charge < -0.3 is 14.5 Å². The van der Waals surface area contributed by atoms with Gasteiger partial charge in [0, 0.05) is 34.1 Å². The van der Waals surface area contributed by atoms with Crippen molar-refractivity contribution in [2.75, 3.05) is 16.4 Å². The first-order valence-electron chi connectivity index (χ1n) is 24.5. The van der Waals surface area contributed by atoms with Crippen LogP contribution in [0.25, 0.3) is 66.8 Å². The Balaban J connectivity index is 0.889. The van der Waals surface area contributed by atoms with Crippen LogP contribution in [0.1, 0.15) is 0 Å². The number of hydrogen-bond donors (Lipinski definition) is 0. The molecule has 0 radical (unpaired) electrons. The van der Waals surface area contributed by atoms with Gasteiger partial charge in [-0.3, -0.25) is 0 Å². The molecule has 0 aromatic heterocycles. The van der Waals surface area contributed by atoms with E-state index >= 15 is 0 Å². The zero-order valence-electron chi connectivity index (χ0n) is 39.9. The Kier molecular flexibility index (Phi) is 13.2. The molecule has 0 aliphatic carbocycles. The molecule has 3 nitrogen and oxygen atoms in total. The molecule has 0 aliphatic heterocycles. The van der Waals surface area contributed by atoms with Crippen molar-refractivity contribution < 1.29 is 4.74 Å². The lowest BCUT2D eigenvalue weighted by Gasteiger charge is -2.27. The number of anilines is 6. The summed E-state index contributed by atoms with van der Waals surface area (Å²) in [6, 6.07) is 102. The maximum Gasteiger partial charge on any atom is 0.119 e. The van der Waals surface area contributed by atoms with E-state index in [0.29, 0.717) is 6.61 Å². The van der Waals surface area contributed by atoms with E-state index in [1.54, 1.807) is 6.08 Å². The maximum atomic E-state index is 5.74. The van der Waals surface area contributed by atoms with Crippen LogP contribution in [0.4, 0.5) is 34.1 Å². The molecule has 0 saturated heterocycles. The largest absolute Gasteiger partial charge is 0.490 e. The molecule has 3 heteroatoms. The lowest BCUT2D eigenvalue weighted by atomic mass is 10.00. The van der Waals surface area contributed by atoms with Crippen LogP contribution in [0.2, 0.25) is 0 Å². The van der Waals surface area contributed by atoms with Gasteiger partial charge >= 0.3 is 0 Å². The minimum absolute atomic E-state index is 0.481. The molecule has 72 heavy (non-hydrogen) atoms. The molecule has 0 saturated carbocycles. The van der Waals surface area contributed by atoms with Gasteiger partial charge in [-0.05, 0) is 152 Å². The van der Waals surface area contributed by atoms with Gasteiger partial charge in [-0.25, -0.2) is 0 Å². The van der Waals surface area contributed by atoms with Crippen molar-refractivity contribution in [1.82, 2.24) is 0 Å². The Bertz CT molecular complexity index is 3400. The first kappa shape index (κ1) is 45.0. The Hall–Kier alpha value is -9.44. The highest BCUT2D eigenvalue weighted by molar-refractivity contribution is 5.84. The number of benzene rings is 11. The minimum atomic E-state index is 0.481. The zero-order chi connectivity index (χ0) is 48.5. The molecule has 0 aliphatic rings. The first-order chi connectivity index (χ1) is 35.6. The lowest BCUT2D eigenvalue weighted by molar-refractivity contribution is 0.363. The van der Waals surface area contributed by atoms with Crippen LogP contribution >= 0.6 is 0 Å². The summed E-state index contributed by atoms with van der Waals surface area (Å²) in [6.07, 6.45) is 1.76. The second kappa shape index (κ2) is 21.1. The third kappa shape index (κ3) is 10.0. The third-order valence-electron chi connectivity index (χ3n) is 13.2. The fraction of sp³-hybridized carbons (Fsp3) is 0.0145. The van der Waals surface area contributed by atoms with Crippen molar-refractivity contribution in [3.05, 3.63) is 298 Å².